The molecular formula is C20H21NO3S. The molecule has 2 aromatic rings. The Morgan fingerprint density at radius 2 is 1.64 bits per heavy atom. The summed E-state index contributed by atoms with van der Waals surface area (Å²) in [7, 11) is -3.87. The molecule has 1 aliphatic rings. The molecule has 4 nitrogen and oxygen atoms in total. The second kappa shape index (κ2) is 6.84. The van der Waals surface area contributed by atoms with E-state index in [4.69, 9.17) is 0 Å². The maximum Gasteiger partial charge on any atom is 0.266 e. The minimum atomic E-state index is -3.87. The smallest absolute Gasteiger partial charge is 0.266 e. The average Bonchev–Trinajstić information content (AvgIpc) is 2.75. The van der Waals surface area contributed by atoms with Gasteiger partial charge in [-0.15, -0.1) is 0 Å². The van der Waals surface area contributed by atoms with E-state index in [1.54, 1.807) is 24.3 Å². The zero-order valence-corrected chi connectivity index (χ0v) is 15.0. The van der Waals surface area contributed by atoms with Gasteiger partial charge in [-0.2, -0.15) is 0 Å². The van der Waals surface area contributed by atoms with Gasteiger partial charge in [0, 0.05) is 6.42 Å². The van der Waals surface area contributed by atoms with E-state index in [-0.39, 0.29) is 29.7 Å². The van der Waals surface area contributed by atoms with E-state index in [9.17, 15) is 13.2 Å². The molecule has 1 atom stereocenters. The van der Waals surface area contributed by atoms with Crippen LogP contribution >= 0.6 is 0 Å². The van der Waals surface area contributed by atoms with Crippen molar-refractivity contribution in [2.24, 2.45) is 0 Å². The van der Waals surface area contributed by atoms with Gasteiger partial charge in [-0.1, -0.05) is 60.2 Å². The maximum atomic E-state index is 12.9. The summed E-state index contributed by atoms with van der Waals surface area (Å²) in [6, 6.07) is 16.3. The van der Waals surface area contributed by atoms with Crippen LogP contribution in [0.25, 0.3) is 0 Å². The molecule has 3 rings (SSSR count). The molecule has 1 unspecified atom stereocenters. The Labute approximate surface area is 148 Å². The van der Waals surface area contributed by atoms with E-state index < -0.39 is 10.0 Å². The lowest BCUT2D eigenvalue weighted by molar-refractivity contribution is -0.126. The molecule has 0 radical (unpaired) electrons. The number of rotatable bonds is 3. The lowest BCUT2D eigenvalue weighted by Crippen LogP contribution is -2.37. The van der Waals surface area contributed by atoms with Crippen LogP contribution in [0, 0.1) is 6.92 Å². The number of amides is 1. The summed E-state index contributed by atoms with van der Waals surface area (Å²) in [6.07, 6.45) is 0.768. The van der Waals surface area contributed by atoms with Crippen molar-refractivity contribution < 1.29 is 13.2 Å². The van der Waals surface area contributed by atoms with Crippen LogP contribution in [-0.4, -0.2) is 25.2 Å². The summed E-state index contributed by atoms with van der Waals surface area (Å²) < 4.78 is 26.8. The van der Waals surface area contributed by atoms with Gasteiger partial charge in [-0.3, -0.25) is 4.79 Å². The summed E-state index contributed by atoms with van der Waals surface area (Å²) in [6.45, 7) is 5.93. The van der Waals surface area contributed by atoms with Crippen molar-refractivity contribution in [3.05, 3.63) is 77.9 Å². The minimum Gasteiger partial charge on any atom is -0.274 e. The second-order valence-electron chi connectivity index (χ2n) is 6.48. The van der Waals surface area contributed by atoms with Gasteiger partial charge in [-0.05, 0) is 37.0 Å². The van der Waals surface area contributed by atoms with Crippen LogP contribution in [0.1, 0.15) is 29.9 Å². The molecule has 1 fully saturated rings. The third-order valence-electron chi connectivity index (χ3n) is 4.48. The third kappa shape index (κ3) is 3.66. The molecule has 5 heteroatoms. The summed E-state index contributed by atoms with van der Waals surface area (Å²) in [5, 5.41) is 0. The van der Waals surface area contributed by atoms with Crippen LogP contribution in [0.4, 0.5) is 0 Å². The first kappa shape index (κ1) is 17.4. The first-order valence-corrected chi connectivity index (χ1v) is 9.66. The van der Waals surface area contributed by atoms with E-state index in [0.717, 1.165) is 21.0 Å². The topological polar surface area (TPSA) is 54.5 Å². The Bertz CT molecular complexity index is 886. The SMILES string of the molecule is C=C1CC(c2ccccc2)CC(=O)N(S(=O)(=O)c2ccc(C)cc2)C1. The van der Waals surface area contributed by atoms with Crippen LogP contribution in [0.5, 0.6) is 0 Å². The molecule has 0 N–H and O–H groups in total. The Morgan fingerprint density at radius 1 is 1.00 bits per heavy atom. The molecule has 0 spiro atoms. The lowest BCUT2D eigenvalue weighted by atomic mass is 9.90. The molecule has 0 saturated carbocycles. The van der Waals surface area contributed by atoms with Crippen molar-refractivity contribution in [2.45, 2.75) is 30.6 Å². The number of hydrogen-bond acceptors (Lipinski definition) is 3. The molecule has 2 aromatic carbocycles. The summed E-state index contributed by atoms with van der Waals surface area (Å²) in [4.78, 5) is 12.9. The lowest BCUT2D eigenvalue weighted by Gasteiger charge is -2.21. The quantitative estimate of drug-likeness (QED) is 0.790. The van der Waals surface area contributed by atoms with E-state index in [1.165, 1.54) is 0 Å². The Kier molecular flexibility index (Phi) is 4.77. The van der Waals surface area contributed by atoms with Gasteiger partial charge in [0.05, 0.1) is 11.4 Å². The predicted molar refractivity (Wildman–Crippen MR) is 97.6 cm³/mol. The van der Waals surface area contributed by atoms with Crippen LogP contribution in [0.15, 0.2) is 71.6 Å². The van der Waals surface area contributed by atoms with Crippen molar-refractivity contribution in [3.8, 4) is 0 Å². The van der Waals surface area contributed by atoms with Crippen LogP contribution in [0.2, 0.25) is 0 Å². The molecule has 1 aliphatic heterocycles. The zero-order chi connectivity index (χ0) is 18.0. The normalized spacial score (nSPS) is 18.9. The van der Waals surface area contributed by atoms with Gasteiger partial charge in [0.2, 0.25) is 5.91 Å². The Hall–Kier alpha value is -2.40. The molecular weight excluding hydrogens is 334 g/mol. The summed E-state index contributed by atoms with van der Waals surface area (Å²) in [5.41, 5.74) is 2.75. The van der Waals surface area contributed by atoms with Crippen molar-refractivity contribution in [1.29, 1.82) is 0 Å². The Morgan fingerprint density at radius 3 is 2.28 bits per heavy atom. The molecule has 130 valence electrons. The number of sulfonamides is 1. The van der Waals surface area contributed by atoms with Crippen LogP contribution < -0.4 is 0 Å². The Balaban J connectivity index is 1.92. The van der Waals surface area contributed by atoms with E-state index >= 15 is 0 Å². The van der Waals surface area contributed by atoms with Crippen molar-refractivity contribution in [3.63, 3.8) is 0 Å². The number of benzene rings is 2. The fraction of sp³-hybridized carbons (Fsp3) is 0.250. The average molecular weight is 355 g/mol. The highest BCUT2D eigenvalue weighted by Crippen LogP contribution is 2.32. The fourth-order valence-corrected chi connectivity index (χ4v) is 4.54. The van der Waals surface area contributed by atoms with E-state index in [2.05, 4.69) is 6.58 Å². The van der Waals surface area contributed by atoms with Gasteiger partial charge in [0.1, 0.15) is 0 Å². The zero-order valence-electron chi connectivity index (χ0n) is 14.2. The van der Waals surface area contributed by atoms with Crippen molar-refractivity contribution in [1.82, 2.24) is 4.31 Å². The number of carbonyl (C=O) groups excluding carboxylic acids is 1. The van der Waals surface area contributed by atoms with E-state index in [1.807, 2.05) is 37.3 Å². The molecule has 0 bridgehead atoms. The molecule has 0 aromatic heterocycles. The number of hydrogen-bond donors (Lipinski definition) is 0. The fourth-order valence-electron chi connectivity index (χ4n) is 3.11. The molecule has 1 amide bonds. The molecule has 1 saturated heterocycles. The monoisotopic (exact) mass is 355 g/mol. The van der Waals surface area contributed by atoms with Gasteiger partial charge < -0.3 is 0 Å². The first-order valence-electron chi connectivity index (χ1n) is 8.22. The van der Waals surface area contributed by atoms with Gasteiger partial charge >= 0.3 is 0 Å². The van der Waals surface area contributed by atoms with Gasteiger partial charge in [0.25, 0.3) is 10.0 Å². The largest absolute Gasteiger partial charge is 0.274 e. The highest BCUT2D eigenvalue weighted by molar-refractivity contribution is 7.89. The summed E-state index contributed by atoms with van der Waals surface area (Å²) in [5.74, 6) is -0.424. The van der Waals surface area contributed by atoms with Crippen LogP contribution in [0.3, 0.4) is 0 Å². The number of nitrogens with zero attached hydrogens (tertiary/aromatic N) is 1. The standard InChI is InChI=1S/C20H21NO3S/c1-15-8-10-19(11-9-15)25(23,24)21-14-16(2)12-18(13-20(21)22)17-6-4-3-5-7-17/h3-11,18H,2,12-14H2,1H3. The van der Waals surface area contributed by atoms with Crippen molar-refractivity contribution >= 4 is 15.9 Å². The second-order valence-corrected chi connectivity index (χ2v) is 8.35. The van der Waals surface area contributed by atoms with E-state index in [0.29, 0.717) is 6.42 Å². The van der Waals surface area contributed by atoms with Crippen molar-refractivity contribution in [2.75, 3.05) is 6.54 Å². The highest BCUT2D eigenvalue weighted by Gasteiger charge is 2.34. The molecule has 1 heterocycles. The maximum absolute atomic E-state index is 12.9. The summed E-state index contributed by atoms with van der Waals surface area (Å²) >= 11 is 0. The first-order chi connectivity index (χ1) is 11.9. The van der Waals surface area contributed by atoms with Crippen LogP contribution in [-0.2, 0) is 14.8 Å². The predicted octanol–water partition coefficient (Wildman–Crippen LogP) is 3.65. The minimum absolute atomic E-state index is 0.0401. The number of aryl methyl sites for hydroxylation is 1. The third-order valence-corrected chi connectivity index (χ3v) is 6.26. The highest BCUT2D eigenvalue weighted by atomic mass is 32.2. The van der Waals surface area contributed by atoms with Gasteiger partial charge in [0.15, 0.2) is 0 Å². The molecule has 0 aliphatic carbocycles. The molecule has 25 heavy (non-hydrogen) atoms. The number of carbonyl (C=O) groups is 1. The van der Waals surface area contributed by atoms with Gasteiger partial charge in [-0.25, -0.2) is 12.7 Å².